The van der Waals surface area contributed by atoms with Gasteiger partial charge < -0.3 is 10.6 Å². The lowest BCUT2D eigenvalue weighted by molar-refractivity contribution is 0.0787. The zero-order chi connectivity index (χ0) is 23.1. The Labute approximate surface area is 201 Å². The van der Waals surface area contributed by atoms with E-state index in [2.05, 4.69) is 0 Å². The predicted octanol–water partition coefficient (Wildman–Crippen LogP) is 6.29. The molecule has 0 spiro atoms. The van der Waals surface area contributed by atoms with Gasteiger partial charge in [-0.1, -0.05) is 65.7 Å². The van der Waals surface area contributed by atoms with Crippen LogP contribution >= 0.6 is 23.2 Å². The largest absolute Gasteiger partial charge is 0.383 e. The molecule has 0 fully saturated rings. The van der Waals surface area contributed by atoms with Gasteiger partial charge in [-0.2, -0.15) is 5.10 Å². The van der Waals surface area contributed by atoms with Crippen LogP contribution in [-0.2, 0) is 0 Å². The summed E-state index contributed by atoms with van der Waals surface area (Å²) in [7, 11) is 0. The van der Waals surface area contributed by atoms with Crippen molar-refractivity contribution in [3.63, 3.8) is 0 Å². The minimum Gasteiger partial charge on any atom is -0.383 e. The molecule has 0 bridgehead atoms. The number of rotatable bonds is 3. The van der Waals surface area contributed by atoms with E-state index in [1.807, 2.05) is 67.6 Å². The molecule has 2 N–H and O–H groups in total. The molecule has 164 valence electrons. The maximum absolute atomic E-state index is 13.7. The van der Waals surface area contributed by atoms with E-state index in [-0.39, 0.29) is 5.91 Å². The van der Waals surface area contributed by atoms with Crippen LogP contribution < -0.4 is 5.73 Å². The molecule has 33 heavy (non-hydrogen) atoms. The zero-order valence-corrected chi connectivity index (χ0v) is 19.3. The van der Waals surface area contributed by atoms with E-state index >= 15 is 0 Å². The average molecular weight is 475 g/mol. The van der Waals surface area contributed by atoms with Crippen molar-refractivity contribution < 1.29 is 4.79 Å². The van der Waals surface area contributed by atoms with Crippen molar-refractivity contribution in [2.75, 3.05) is 5.73 Å². The molecule has 2 heterocycles. The highest BCUT2D eigenvalue weighted by atomic mass is 35.5. The number of hydrogen-bond acceptors (Lipinski definition) is 3. The van der Waals surface area contributed by atoms with Crippen molar-refractivity contribution in [1.82, 2.24) is 14.7 Å². The molecule has 0 aliphatic carbocycles. The Kier molecular flexibility index (Phi) is 5.44. The van der Waals surface area contributed by atoms with Gasteiger partial charge in [0.2, 0.25) is 0 Å². The van der Waals surface area contributed by atoms with Crippen LogP contribution in [0.3, 0.4) is 0 Å². The van der Waals surface area contributed by atoms with Gasteiger partial charge >= 0.3 is 0 Å². The minimum absolute atomic E-state index is 0.251. The minimum atomic E-state index is -0.470. The Bertz CT molecular complexity index is 1390. The third-order valence-electron chi connectivity index (χ3n) is 5.80. The number of hydrogen-bond donors (Lipinski definition) is 1. The van der Waals surface area contributed by atoms with E-state index in [9.17, 15) is 4.79 Å². The van der Waals surface area contributed by atoms with Crippen LogP contribution in [0.25, 0.3) is 11.8 Å². The van der Waals surface area contributed by atoms with Gasteiger partial charge in [0.25, 0.3) is 5.91 Å². The zero-order valence-electron chi connectivity index (χ0n) is 17.7. The molecule has 4 aromatic rings. The molecule has 5 rings (SSSR count). The molecule has 1 aliphatic rings. The summed E-state index contributed by atoms with van der Waals surface area (Å²) in [4.78, 5) is 15.4. The Balaban J connectivity index is 1.68. The van der Waals surface area contributed by atoms with Crippen LogP contribution in [0.1, 0.15) is 38.8 Å². The van der Waals surface area contributed by atoms with Gasteiger partial charge in [-0.05, 0) is 54.5 Å². The first-order valence-electron chi connectivity index (χ1n) is 10.4. The Morgan fingerprint density at radius 2 is 1.73 bits per heavy atom. The summed E-state index contributed by atoms with van der Waals surface area (Å²) >= 11 is 12.4. The molecule has 1 aromatic heterocycles. The molecule has 7 heteroatoms. The first-order chi connectivity index (χ1) is 16.0. The van der Waals surface area contributed by atoms with E-state index < -0.39 is 6.04 Å². The van der Waals surface area contributed by atoms with Crippen LogP contribution in [-0.4, -0.2) is 20.6 Å². The molecule has 0 radical (unpaired) electrons. The predicted molar refractivity (Wildman–Crippen MR) is 133 cm³/mol. The van der Waals surface area contributed by atoms with Crippen molar-refractivity contribution in [3.05, 3.63) is 117 Å². The van der Waals surface area contributed by atoms with E-state index in [0.29, 0.717) is 21.4 Å². The average Bonchev–Trinajstić information content (AvgIpc) is 3.12. The molecule has 1 unspecified atom stereocenters. The highest BCUT2D eigenvalue weighted by molar-refractivity contribution is 6.36. The van der Waals surface area contributed by atoms with Gasteiger partial charge in [-0.3, -0.25) is 4.79 Å². The summed E-state index contributed by atoms with van der Waals surface area (Å²) in [5.41, 5.74) is 11.4. The lowest BCUT2D eigenvalue weighted by atomic mass is 9.90. The van der Waals surface area contributed by atoms with Gasteiger partial charge in [0.15, 0.2) is 0 Å². The van der Waals surface area contributed by atoms with Crippen molar-refractivity contribution >= 4 is 41.0 Å². The number of para-hydroxylation sites is 1. The summed E-state index contributed by atoms with van der Waals surface area (Å²) in [5, 5.41) is 5.47. The number of nitrogens with zero attached hydrogens (tertiary/aromatic N) is 3. The molecule has 3 aromatic carbocycles. The number of benzene rings is 3. The standard InChI is InChI=1S/C26H20Cl2N4O/c1-16-23(25(29)32(30-16)19-8-3-2-4-9-19)24-20-10-6-5-7-17(20)13-14-31(24)26(33)21-12-11-18(27)15-22(21)28/h2-15,24H,29H2,1H3. The fourth-order valence-corrected chi connectivity index (χ4v) is 4.74. The third-order valence-corrected chi connectivity index (χ3v) is 6.35. The lowest BCUT2D eigenvalue weighted by Gasteiger charge is -2.34. The molecule has 0 saturated carbocycles. The molecule has 5 nitrogen and oxygen atoms in total. The number of aryl methyl sites for hydroxylation is 1. The molecule has 1 amide bonds. The van der Waals surface area contributed by atoms with Crippen LogP contribution in [0.15, 0.2) is 79.0 Å². The van der Waals surface area contributed by atoms with Gasteiger partial charge in [0.05, 0.1) is 28.0 Å². The first-order valence-corrected chi connectivity index (χ1v) is 11.2. The lowest BCUT2D eigenvalue weighted by Crippen LogP contribution is -2.34. The first kappa shape index (κ1) is 21.3. The van der Waals surface area contributed by atoms with Crippen LogP contribution in [0.4, 0.5) is 5.82 Å². The normalized spacial score (nSPS) is 14.9. The van der Waals surface area contributed by atoms with E-state index in [1.165, 1.54) is 0 Å². The fraction of sp³-hybridized carbons (Fsp3) is 0.0769. The second-order valence-corrected chi connectivity index (χ2v) is 8.66. The van der Waals surface area contributed by atoms with Crippen molar-refractivity contribution in [1.29, 1.82) is 0 Å². The van der Waals surface area contributed by atoms with Gasteiger partial charge in [0.1, 0.15) is 5.82 Å². The number of amides is 1. The highest BCUT2D eigenvalue weighted by Gasteiger charge is 2.35. The summed E-state index contributed by atoms with van der Waals surface area (Å²) < 4.78 is 1.71. The molecule has 1 aliphatic heterocycles. The quantitative estimate of drug-likeness (QED) is 0.379. The van der Waals surface area contributed by atoms with Gasteiger partial charge in [0, 0.05) is 16.8 Å². The summed E-state index contributed by atoms with van der Waals surface area (Å²) in [6.07, 6.45) is 3.69. The Morgan fingerprint density at radius 3 is 2.48 bits per heavy atom. The molecule has 1 atom stereocenters. The topological polar surface area (TPSA) is 64.2 Å². The summed E-state index contributed by atoms with van der Waals surface area (Å²) in [5.74, 6) is 0.229. The maximum Gasteiger partial charge on any atom is 0.260 e. The second kappa shape index (κ2) is 8.43. The summed E-state index contributed by atoms with van der Waals surface area (Å²) in [6.45, 7) is 1.91. The highest BCUT2D eigenvalue weighted by Crippen LogP contribution is 2.41. The monoisotopic (exact) mass is 474 g/mol. The van der Waals surface area contributed by atoms with E-state index in [0.717, 1.165) is 28.1 Å². The Hall–Kier alpha value is -3.54. The van der Waals surface area contributed by atoms with Crippen LogP contribution in [0, 0.1) is 6.92 Å². The summed E-state index contributed by atoms with van der Waals surface area (Å²) in [6, 6.07) is 22.0. The van der Waals surface area contributed by atoms with Gasteiger partial charge in [-0.25, -0.2) is 4.68 Å². The Morgan fingerprint density at radius 1 is 1.00 bits per heavy atom. The fourth-order valence-electron chi connectivity index (χ4n) is 4.25. The number of carbonyl (C=O) groups is 1. The van der Waals surface area contributed by atoms with E-state index in [1.54, 1.807) is 34.0 Å². The molecular weight excluding hydrogens is 455 g/mol. The van der Waals surface area contributed by atoms with Crippen LogP contribution in [0.2, 0.25) is 10.0 Å². The molecular formula is C26H20Cl2N4O. The van der Waals surface area contributed by atoms with E-state index in [4.69, 9.17) is 34.0 Å². The van der Waals surface area contributed by atoms with Crippen molar-refractivity contribution in [2.24, 2.45) is 0 Å². The van der Waals surface area contributed by atoms with Crippen molar-refractivity contribution in [2.45, 2.75) is 13.0 Å². The number of nitrogen functional groups attached to an aromatic ring is 1. The number of carbonyl (C=O) groups excluding carboxylic acids is 1. The van der Waals surface area contributed by atoms with Crippen LogP contribution in [0.5, 0.6) is 0 Å². The number of nitrogens with two attached hydrogens (primary N) is 1. The molecule has 0 saturated heterocycles. The number of anilines is 1. The van der Waals surface area contributed by atoms with Gasteiger partial charge in [-0.15, -0.1) is 0 Å². The third kappa shape index (κ3) is 3.69. The van der Waals surface area contributed by atoms with Crippen molar-refractivity contribution in [3.8, 4) is 5.69 Å². The second-order valence-electron chi connectivity index (χ2n) is 7.82. The maximum atomic E-state index is 13.7. The number of aromatic nitrogens is 2. The SMILES string of the molecule is Cc1nn(-c2ccccc2)c(N)c1C1c2ccccc2C=CN1C(=O)c1ccc(Cl)cc1Cl. The smallest absolute Gasteiger partial charge is 0.260 e. The number of halogens is 2. The number of fused-ring (bicyclic) bond motifs is 1.